The standard InChI is InChI=1S/C14H22FNO3S/c1-14(2,3)13(17)7-8-16-20(18,19)10-11-5-4-6-12(15)9-11/h4-6,9,13,16-17H,7-8,10H2,1-3H3. The van der Waals surface area contributed by atoms with Crippen LogP contribution in [-0.4, -0.2) is 26.2 Å². The van der Waals surface area contributed by atoms with E-state index in [0.29, 0.717) is 12.0 Å². The van der Waals surface area contributed by atoms with Crippen LogP contribution in [-0.2, 0) is 15.8 Å². The summed E-state index contributed by atoms with van der Waals surface area (Å²) in [7, 11) is -3.52. The Kier molecular flexibility index (Phi) is 5.68. The van der Waals surface area contributed by atoms with Crippen LogP contribution in [0.1, 0.15) is 32.8 Å². The van der Waals surface area contributed by atoms with E-state index in [1.54, 1.807) is 6.07 Å². The minimum Gasteiger partial charge on any atom is -0.393 e. The number of aliphatic hydroxyl groups excluding tert-OH is 1. The minimum absolute atomic E-state index is 0.163. The number of hydrogen-bond acceptors (Lipinski definition) is 3. The summed E-state index contributed by atoms with van der Waals surface area (Å²) in [6, 6.07) is 5.50. The van der Waals surface area contributed by atoms with Gasteiger partial charge in [-0.3, -0.25) is 0 Å². The van der Waals surface area contributed by atoms with E-state index in [4.69, 9.17) is 0 Å². The van der Waals surface area contributed by atoms with Gasteiger partial charge in [-0.25, -0.2) is 17.5 Å². The summed E-state index contributed by atoms with van der Waals surface area (Å²) >= 11 is 0. The molecule has 0 radical (unpaired) electrons. The number of hydrogen-bond donors (Lipinski definition) is 2. The Morgan fingerprint density at radius 1 is 1.35 bits per heavy atom. The van der Waals surface area contributed by atoms with Crippen LogP contribution in [0, 0.1) is 11.2 Å². The van der Waals surface area contributed by atoms with Gasteiger partial charge in [0.2, 0.25) is 10.0 Å². The molecule has 4 nitrogen and oxygen atoms in total. The van der Waals surface area contributed by atoms with Crippen LogP contribution in [0.15, 0.2) is 24.3 Å². The molecule has 1 atom stereocenters. The van der Waals surface area contributed by atoms with Gasteiger partial charge in [-0.1, -0.05) is 32.9 Å². The number of rotatable bonds is 6. The molecule has 0 amide bonds. The highest BCUT2D eigenvalue weighted by Gasteiger charge is 2.22. The van der Waals surface area contributed by atoms with Crippen LogP contribution in [0.3, 0.4) is 0 Å². The molecule has 0 bridgehead atoms. The molecule has 0 aliphatic rings. The summed E-state index contributed by atoms with van der Waals surface area (Å²) in [5, 5.41) is 9.82. The molecule has 6 heteroatoms. The van der Waals surface area contributed by atoms with Crippen LogP contribution in [0.4, 0.5) is 4.39 Å². The maximum absolute atomic E-state index is 13.0. The van der Waals surface area contributed by atoms with Gasteiger partial charge in [-0.05, 0) is 29.5 Å². The van der Waals surface area contributed by atoms with Crippen molar-refractivity contribution in [1.29, 1.82) is 0 Å². The van der Waals surface area contributed by atoms with E-state index in [1.165, 1.54) is 18.2 Å². The lowest BCUT2D eigenvalue weighted by Crippen LogP contribution is -2.33. The second kappa shape index (κ2) is 6.65. The SMILES string of the molecule is CC(C)(C)C(O)CCNS(=O)(=O)Cc1cccc(F)c1. The summed E-state index contributed by atoms with van der Waals surface area (Å²) < 4.78 is 39.1. The Hall–Kier alpha value is -0.980. The van der Waals surface area contributed by atoms with Crippen molar-refractivity contribution in [3.05, 3.63) is 35.6 Å². The van der Waals surface area contributed by atoms with Crippen molar-refractivity contribution in [3.63, 3.8) is 0 Å². The van der Waals surface area contributed by atoms with Crippen LogP contribution in [0.2, 0.25) is 0 Å². The van der Waals surface area contributed by atoms with Crippen LogP contribution >= 0.6 is 0 Å². The lowest BCUT2D eigenvalue weighted by Gasteiger charge is -2.25. The quantitative estimate of drug-likeness (QED) is 0.845. The molecule has 0 saturated heterocycles. The van der Waals surface area contributed by atoms with Gasteiger partial charge in [0.25, 0.3) is 0 Å². The van der Waals surface area contributed by atoms with Gasteiger partial charge in [0.15, 0.2) is 0 Å². The molecule has 0 heterocycles. The van der Waals surface area contributed by atoms with Crippen LogP contribution in [0.5, 0.6) is 0 Å². The highest BCUT2D eigenvalue weighted by molar-refractivity contribution is 7.88. The lowest BCUT2D eigenvalue weighted by molar-refractivity contribution is 0.0571. The fraction of sp³-hybridized carbons (Fsp3) is 0.571. The van der Waals surface area contributed by atoms with Crippen molar-refractivity contribution in [2.75, 3.05) is 6.54 Å². The van der Waals surface area contributed by atoms with Crippen LogP contribution in [0.25, 0.3) is 0 Å². The predicted octanol–water partition coefficient (Wildman–Crippen LogP) is 2.04. The number of aliphatic hydroxyl groups is 1. The van der Waals surface area contributed by atoms with E-state index < -0.39 is 21.9 Å². The zero-order valence-electron chi connectivity index (χ0n) is 12.1. The fourth-order valence-electron chi connectivity index (χ4n) is 1.68. The zero-order chi connectivity index (χ0) is 15.4. The average molecular weight is 303 g/mol. The van der Waals surface area contributed by atoms with Crippen molar-refractivity contribution in [3.8, 4) is 0 Å². The van der Waals surface area contributed by atoms with Gasteiger partial charge < -0.3 is 5.11 Å². The molecule has 0 fully saturated rings. The van der Waals surface area contributed by atoms with E-state index in [9.17, 15) is 17.9 Å². The number of halogens is 1. The molecular formula is C14H22FNO3S. The third-order valence-corrected chi connectivity index (χ3v) is 4.34. The monoisotopic (exact) mass is 303 g/mol. The second-order valence-electron chi connectivity index (χ2n) is 5.95. The first-order valence-corrected chi connectivity index (χ1v) is 8.15. The van der Waals surface area contributed by atoms with E-state index in [2.05, 4.69) is 4.72 Å². The molecule has 0 aliphatic heterocycles. The first-order valence-electron chi connectivity index (χ1n) is 6.50. The fourth-order valence-corrected chi connectivity index (χ4v) is 2.83. The highest BCUT2D eigenvalue weighted by Crippen LogP contribution is 2.21. The molecule has 1 aromatic carbocycles. The Balaban J connectivity index is 2.51. The molecule has 0 saturated carbocycles. The van der Waals surface area contributed by atoms with E-state index >= 15 is 0 Å². The smallest absolute Gasteiger partial charge is 0.215 e. The summed E-state index contributed by atoms with van der Waals surface area (Å²) in [4.78, 5) is 0. The molecule has 2 N–H and O–H groups in total. The molecule has 1 rings (SSSR count). The van der Waals surface area contributed by atoms with Crippen molar-refractivity contribution in [2.24, 2.45) is 5.41 Å². The summed E-state index contributed by atoms with van der Waals surface area (Å²) in [6.45, 7) is 5.83. The topological polar surface area (TPSA) is 66.4 Å². The van der Waals surface area contributed by atoms with Crippen molar-refractivity contribution < 1.29 is 17.9 Å². The third kappa shape index (κ3) is 5.98. The number of nitrogens with one attached hydrogen (secondary N) is 1. The summed E-state index contributed by atoms with van der Waals surface area (Å²) in [5.41, 5.74) is 0.113. The van der Waals surface area contributed by atoms with Gasteiger partial charge in [-0.15, -0.1) is 0 Å². The lowest BCUT2D eigenvalue weighted by atomic mass is 9.87. The van der Waals surface area contributed by atoms with E-state index in [1.807, 2.05) is 20.8 Å². The molecule has 114 valence electrons. The molecule has 0 aliphatic carbocycles. The Bertz CT molecular complexity index is 538. The number of sulfonamides is 1. The van der Waals surface area contributed by atoms with Crippen molar-refractivity contribution in [1.82, 2.24) is 4.72 Å². The molecule has 1 unspecified atom stereocenters. The molecule has 20 heavy (non-hydrogen) atoms. The Morgan fingerprint density at radius 3 is 2.55 bits per heavy atom. The maximum Gasteiger partial charge on any atom is 0.215 e. The van der Waals surface area contributed by atoms with E-state index in [-0.39, 0.29) is 17.7 Å². The Labute approximate surface area is 120 Å². The normalized spacial score (nSPS) is 14.2. The van der Waals surface area contributed by atoms with Gasteiger partial charge in [0.05, 0.1) is 11.9 Å². The predicted molar refractivity (Wildman–Crippen MR) is 77.1 cm³/mol. The van der Waals surface area contributed by atoms with Gasteiger partial charge in [-0.2, -0.15) is 0 Å². The average Bonchev–Trinajstić information content (AvgIpc) is 2.26. The minimum atomic E-state index is -3.52. The summed E-state index contributed by atoms with van der Waals surface area (Å²) in [6.07, 6.45) is -0.245. The Morgan fingerprint density at radius 2 is 2.00 bits per heavy atom. The molecule has 0 aromatic heterocycles. The summed E-state index contributed by atoms with van der Waals surface area (Å²) in [5.74, 6) is -0.725. The number of benzene rings is 1. The van der Waals surface area contributed by atoms with Crippen molar-refractivity contribution >= 4 is 10.0 Å². The third-order valence-electron chi connectivity index (χ3n) is 2.99. The van der Waals surface area contributed by atoms with Crippen LogP contribution < -0.4 is 4.72 Å². The molecular weight excluding hydrogens is 281 g/mol. The zero-order valence-corrected chi connectivity index (χ0v) is 12.9. The van der Waals surface area contributed by atoms with E-state index in [0.717, 1.165) is 0 Å². The van der Waals surface area contributed by atoms with Gasteiger partial charge in [0.1, 0.15) is 5.82 Å². The van der Waals surface area contributed by atoms with Gasteiger partial charge >= 0.3 is 0 Å². The van der Waals surface area contributed by atoms with Crippen molar-refractivity contribution in [2.45, 2.75) is 39.0 Å². The molecule has 1 aromatic rings. The molecule has 0 spiro atoms. The largest absolute Gasteiger partial charge is 0.393 e. The maximum atomic E-state index is 13.0. The first kappa shape index (κ1) is 17.1. The van der Waals surface area contributed by atoms with Gasteiger partial charge in [0, 0.05) is 6.54 Å². The first-order chi connectivity index (χ1) is 9.10. The highest BCUT2D eigenvalue weighted by atomic mass is 32.2. The second-order valence-corrected chi connectivity index (χ2v) is 7.76.